The Labute approximate surface area is 206 Å². The fourth-order valence-electron chi connectivity index (χ4n) is 4.08. The van der Waals surface area contributed by atoms with Gasteiger partial charge in [0.1, 0.15) is 12.3 Å². The zero-order valence-electron chi connectivity index (χ0n) is 17.7. The summed E-state index contributed by atoms with van der Waals surface area (Å²) in [5.41, 5.74) is 2.14. The van der Waals surface area contributed by atoms with Crippen LogP contribution in [0.5, 0.6) is 11.5 Å². The maximum absolute atomic E-state index is 13.1. The van der Waals surface area contributed by atoms with Crippen molar-refractivity contribution >= 4 is 56.8 Å². The number of hydrogen-bond acceptors (Lipinski definition) is 4. The van der Waals surface area contributed by atoms with Crippen LogP contribution in [0.1, 0.15) is 43.2 Å². The van der Waals surface area contributed by atoms with Crippen LogP contribution in [0, 0.1) is 0 Å². The van der Waals surface area contributed by atoms with Gasteiger partial charge >= 0.3 is 0 Å². The van der Waals surface area contributed by atoms with Gasteiger partial charge in [-0.05, 0) is 54.9 Å². The van der Waals surface area contributed by atoms with E-state index in [1.54, 1.807) is 18.1 Å². The zero-order chi connectivity index (χ0) is 22.7. The van der Waals surface area contributed by atoms with Crippen LogP contribution >= 0.6 is 39.7 Å². The van der Waals surface area contributed by atoms with Gasteiger partial charge in [-0.2, -0.15) is 0 Å². The molecular weight excluding hydrogens is 512 g/mol. The average Bonchev–Trinajstić information content (AvgIpc) is 3.08. The molecule has 0 radical (unpaired) electrons. The van der Waals surface area contributed by atoms with Crippen molar-refractivity contribution in [2.75, 3.05) is 7.11 Å². The van der Waals surface area contributed by atoms with Crippen LogP contribution in [-0.2, 0) is 11.4 Å². The number of rotatable bonds is 6. The minimum atomic E-state index is -0.0770. The van der Waals surface area contributed by atoms with Crippen LogP contribution in [0.15, 0.2) is 46.6 Å². The lowest BCUT2D eigenvalue weighted by atomic mass is 9.94. The van der Waals surface area contributed by atoms with E-state index in [1.165, 1.54) is 6.42 Å². The smallest absolute Gasteiger partial charge is 0.276 e. The Morgan fingerprint density at radius 2 is 1.97 bits per heavy atom. The number of amides is 1. The van der Waals surface area contributed by atoms with Crippen LogP contribution in [0.3, 0.4) is 0 Å². The highest BCUT2D eigenvalue weighted by Gasteiger charge is 2.36. The Balaban J connectivity index is 1.55. The number of nitrogens with one attached hydrogen (secondary N) is 1. The number of carbonyl (C=O) groups excluding carboxylic acids is 1. The summed E-state index contributed by atoms with van der Waals surface area (Å²) in [6, 6.07) is 11.4. The SMILES string of the molecule is COc1cc(/C=C2\NC(=S)N(C3CCCCC3)C2=O)c(Br)cc1OCc1ccccc1Cl. The molecule has 0 spiro atoms. The normalized spacial score (nSPS) is 18.2. The first-order valence-corrected chi connectivity index (χ1v) is 12.2. The molecule has 2 aromatic carbocycles. The zero-order valence-corrected chi connectivity index (χ0v) is 20.9. The van der Waals surface area contributed by atoms with Crippen molar-refractivity contribution in [3.8, 4) is 11.5 Å². The summed E-state index contributed by atoms with van der Waals surface area (Å²) in [6.07, 6.45) is 7.27. The van der Waals surface area contributed by atoms with Gasteiger partial charge in [0.05, 0.1) is 7.11 Å². The summed E-state index contributed by atoms with van der Waals surface area (Å²) in [5.74, 6) is 1.06. The highest BCUT2D eigenvalue weighted by Crippen LogP contribution is 2.36. The van der Waals surface area contributed by atoms with Crippen LogP contribution < -0.4 is 14.8 Å². The molecule has 2 fully saturated rings. The monoisotopic (exact) mass is 534 g/mol. The molecule has 0 bridgehead atoms. The number of hydrogen-bond donors (Lipinski definition) is 1. The minimum absolute atomic E-state index is 0.0770. The van der Waals surface area contributed by atoms with Crippen molar-refractivity contribution in [3.05, 3.63) is 62.7 Å². The van der Waals surface area contributed by atoms with Crippen molar-refractivity contribution in [1.82, 2.24) is 10.2 Å². The Kier molecular flexibility index (Phi) is 7.38. The van der Waals surface area contributed by atoms with Crippen molar-refractivity contribution < 1.29 is 14.3 Å². The second kappa shape index (κ2) is 10.2. The second-order valence-electron chi connectivity index (χ2n) is 7.86. The predicted octanol–water partition coefficient (Wildman–Crippen LogP) is 6.08. The van der Waals surface area contributed by atoms with E-state index < -0.39 is 0 Å². The molecule has 168 valence electrons. The third-order valence-corrected chi connectivity index (χ3v) is 7.13. The molecular formula is C24H24BrClN2O3S. The molecule has 1 saturated carbocycles. The molecule has 1 N–H and O–H groups in total. The number of halogens is 2. The van der Waals surface area contributed by atoms with E-state index in [0.717, 1.165) is 41.3 Å². The van der Waals surface area contributed by atoms with E-state index in [1.807, 2.05) is 36.4 Å². The van der Waals surface area contributed by atoms with Crippen LogP contribution in [-0.4, -0.2) is 29.1 Å². The predicted molar refractivity (Wildman–Crippen MR) is 134 cm³/mol. The Bertz CT molecular complexity index is 1070. The summed E-state index contributed by atoms with van der Waals surface area (Å²) in [6.45, 7) is 0.313. The van der Waals surface area contributed by atoms with Gasteiger partial charge in [0.25, 0.3) is 5.91 Å². The van der Waals surface area contributed by atoms with E-state index in [2.05, 4.69) is 21.2 Å². The summed E-state index contributed by atoms with van der Waals surface area (Å²) < 4.78 is 12.3. The Morgan fingerprint density at radius 1 is 1.22 bits per heavy atom. The lowest BCUT2D eigenvalue weighted by Crippen LogP contribution is -2.41. The Hall–Kier alpha value is -2.09. The third-order valence-electron chi connectivity index (χ3n) is 5.77. The highest BCUT2D eigenvalue weighted by molar-refractivity contribution is 9.10. The first-order chi connectivity index (χ1) is 15.5. The van der Waals surface area contributed by atoms with Crippen molar-refractivity contribution in [2.45, 2.75) is 44.8 Å². The van der Waals surface area contributed by atoms with Gasteiger partial charge in [-0.25, -0.2) is 0 Å². The van der Waals surface area contributed by atoms with E-state index in [0.29, 0.717) is 33.9 Å². The van der Waals surface area contributed by atoms with E-state index >= 15 is 0 Å². The summed E-state index contributed by atoms with van der Waals surface area (Å²) in [7, 11) is 1.58. The molecule has 0 atom stereocenters. The molecule has 1 aliphatic carbocycles. The molecule has 1 aliphatic heterocycles. The first-order valence-electron chi connectivity index (χ1n) is 10.6. The largest absolute Gasteiger partial charge is 0.493 e. The summed E-state index contributed by atoms with van der Waals surface area (Å²) in [5, 5.41) is 4.22. The molecule has 0 aromatic heterocycles. The molecule has 4 rings (SSSR count). The number of carbonyl (C=O) groups is 1. The molecule has 5 nitrogen and oxygen atoms in total. The van der Waals surface area contributed by atoms with E-state index in [9.17, 15) is 4.79 Å². The highest BCUT2D eigenvalue weighted by atomic mass is 79.9. The van der Waals surface area contributed by atoms with Crippen molar-refractivity contribution in [3.63, 3.8) is 0 Å². The number of thiocarbonyl (C=S) groups is 1. The van der Waals surface area contributed by atoms with Crippen LogP contribution in [0.2, 0.25) is 5.02 Å². The maximum atomic E-state index is 13.1. The van der Waals surface area contributed by atoms with E-state index in [-0.39, 0.29) is 11.9 Å². The quantitative estimate of drug-likeness (QED) is 0.359. The molecule has 1 amide bonds. The average molecular weight is 536 g/mol. The van der Waals surface area contributed by atoms with E-state index in [4.69, 9.17) is 33.3 Å². The van der Waals surface area contributed by atoms with Crippen LogP contribution in [0.25, 0.3) is 6.08 Å². The molecule has 2 aromatic rings. The molecule has 1 heterocycles. The van der Waals surface area contributed by atoms with Gasteiger partial charge in [-0.1, -0.05) is 65.0 Å². The first kappa shape index (κ1) is 23.1. The summed E-state index contributed by atoms with van der Waals surface area (Å²) in [4.78, 5) is 14.8. The molecule has 1 saturated heterocycles. The lowest BCUT2D eigenvalue weighted by Gasteiger charge is -2.29. The van der Waals surface area contributed by atoms with Gasteiger partial charge in [0.15, 0.2) is 16.6 Å². The van der Waals surface area contributed by atoms with Gasteiger partial charge in [-0.15, -0.1) is 0 Å². The second-order valence-corrected chi connectivity index (χ2v) is 9.51. The summed E-state index contributed by atoms with van der Waals surface area (Å²) >= 11 is 15.3. The van der Waals surface area contributed by atoms with Crippen molar-refractivity contribution in [2.24, 2.45) is 0 Å². The van der Waals surface area contributed by atoms with Crippen molar-refractivity contribution in [1.29, 1.82) is 0 Å². The van der Waals surface area contributed by atoms with Gasteiger partial charge in [0, 0.05) is 21.1 Å². The topological polar surface area (TPSA) is 50.8 Å². The van der Waals surface area contributed by atoms with Crippen LogP contribution in [0.4, 0.5) is 0 Å². The number of benzene rings is 2. The molecule has 8 heteroatoms. The number of ether oxygens (including phenoxy) is 2. The van der Waals surface area contributed by atoms with Gasteiger partial charge in [0.2, 0.25) is 0 Å². The maximum Gasteiger partial charge on any atom is 0.276 e. The minimum Gasteiger partial charge on any atom is -0.493 e. The lowest BCUT2D eigenvalue weighted by molar-refractivity contribution is -0.124. The standard InChI is InChI=1S/C24H24BrClN2O3S/c1-30-21-12-16(18(25)13-22(21)31-14-15-7-5-6-10-19(15)26)11-20-23(29)28(24(32)27-20)17-8-3-2-4-9-17/h5-7,10-13,17H,2-4,8-9,14H2,1H3,(H,27,32)/b20-11-. The number of methoxy groups -OCH3 is 1. The molecule has 32 heavy (non-hydrogen) atoms. The molecule has 2 aliphatic rings. The van der Waals surface area contributed by atoms with Gasteiger partial charge in [-0.3, -0.25) is 9.69 Å². The fraction of sp³-hybridized carbons (Fsp3) is 0.333. The third kappa shape index (κ3) is 4.95. The Morgan fingerprint density at radius 3 is 2.69 bits per heavy atom. The molecule has 0 unspecified atom stereocenters. The fourth-order valence-corrected chi connectivity index (χ4v) is 5.05. The number of nitrogens with zero attached hydrogens (tertiary/aromatic N) is 1. The van der Waals surface area contributed by atoms with Gasteiger partial charge < -0.3 is 14.8 Å².